The van der Waals surface area contributed by atoms with Crippen molar-refractivity contribution in [1.82, 2.24) is 30.4 Å². The molecule has 0 radical (unpaired) electrons. The van der Waals surface area contributed by atoms with Crippen LogP contribution in [0.5, 0.6) is 0 Å². The van der Waals surface area contributed by atoms with Gasteiger partial charge in [-0.2, -0.15) is 0 Å². The Morgan fingerprint density at radius 3 is 2.64 bits per heavy atom. The molecule has 14 heteroatoms. The number of benzene rings is 1. The maximum atomic E-state index is 12.8. The van der Waals surface area contributed by atoms with Crippen LogP contribution in [0.4, 0.5) is 0 Å². The van der Waals surface area contributed by atoms with Gasteiger partial charge in [0.15, 0.2) is 6.10 Å². The van der Waals surface area contributed by atoms with Gasteiger partial charge in [0.1, 0.15) is 11.4 Å². The number of β-lactam (4-membered cyclic amide) rings is 1. The predicted molar refractivity (Wildman–Crippen MR) is 113 cm³/mol. The van der Waals surface area contributed by atoms with Crippen LogP contribution in [0.3, 0.4) is 0 Å². The molecule has 2 unspecified atom stereocenters. The summed E-state index contributed by atoms with van der Waals surface area (Å²) in [4.78, 5) is 38.3. The summed E-state index contributed by atoms with van der Waals surface area (Å²) >= 11 is 2.61. The zero-order valence-corrected chi connectivity index (χ0v) is 21.7. The molecule has 3 heterocycles. The first-order valence-corrected chi connectivity index (χ1v) is 11.5. The van der Waals surface area contributed by atoms with Gasteiger partial charge in [-0.1, -0.05) is 42.1 Å². The molecule has 33 heavy (non-hydrogen) atoms. The molecule has 1 saturated heterocycles. The summed E-state index contributed by atoms with van der Waals surface area (Å²) in [5.74, 6) is -2.43. The van der Waals surface area contributed by atoms with Crippen molar-refractivity contribution in [2.45, 2.75) is 34.8 Å². The number of tetrazole rings is 1. The Hall–Kier alpha value is -1.90. The number of aliphatic hydroxyl groups excluding tert-OH is 1. The SMILES string of the molecule is CC(Sc1nnnn1C)C1=C(C(=O)[O-])N2C(=O)[C@@H](NC(=O)C(O)c3ccccc3)[C@@H]2SC1.[Na+]. The van der Waals surface area contributed by atoms with E-state index in [0.717, 1.165) is 4.90 Å². The van der Waals surface area contributed by atoms with Gasteiger partial charge in [0.05, 0.1) is 11.7 Å². The number of aromatic nitrogens is 4. The fraction of sp³-hybridized carbons (Fsp3) is 0.368. The van der Waals surface area contributed by atoms with Gasteiger partial charge in [0, 0.05) is 18.1 Å². The number of nitrogens with zero attached hydrogens (tertiary/aromatic N) is 5. The van der Waals surface area contributed by atoms with Crippen LogP contribution in [0.1, 0.15) is 18.6 Å². The van der Waals surface area contributed by atoms with Gasteiger partial charge in [-0.3, -0.25) is 14.5 Å². The average molecular weight is 499 g/mol. The summed E-state index contributed by atoms with van der Waals surface area (Å²) < 4.78 is 1.47. The Bertz CT molecular complexity index is 1100. The number of rotatable bonds is 7. The van der Waals surface area contributed by atoms with Crippen molar-refractivity contribution in [2.24, 2.45) is 7.05 Å². The van der Waals surface area contributed by atoms with Crippen molar-refractivity contribution in [3.8, 4) is 0 Å². The summed E-state index contributed by atoms with van der Waals surface area (Å²) in [6.45, 7) is 1.80. The molecule has 2 N–H and O–H groups in total. The fourth-order valence-corrected chi connectivity index (χ4v) is 6.02. The number of carboxylic acids is 1. The second-order valence-electron chi connectivity index (χ2n) is 7.22. The summed E-state index contributed by atoms with van der Waals surface area (Å²) in [5.41, 5.74) is 0.719. The van der Waals surface area contributed by atoms with Crippen molar-refractivity contribution in [2.75, 3.05) is 5.75 Å². The van der Waals surface area contributed by atoms with Crippen molar-refractivity contribution in [3.05, 3.63) is 47.2 Å². The third kappa shape index (κ3) is 4.98. The third-order valence-corrected chi connectivity index (χ3v) is 7.70. The predicted octanol–water partition coefficient (Wildman–Crippen LogP) is -4.17. The number of thioether (sulfide) groups is 2. The maximum absolute atomic E-state index is 12.8. The van der Waals surface area contributed by atoms with E-state index in [0.29, 0.717) is 22.0 Å². The number of carboxylic acid groups (broad SMARTS) is 1. The van der Waals surface area contributed by atoms with E-state index in [1.165, 1.54) is 28.2 Å². The normalized spacial score (nSPS) is 21.4. The summed E-state index contributed by atoms with van der Waals surface area (Å²) in [7, 11) is 1.67. The summed E-state index contributed by atoms with van der Waals surface area (Å²) in [5, 5.41) is 35.5. The van der Waals surface area contributed by atoms with Gasteiger partial charge in [-0.15, -0.1) is 16.9 Å². The van der Waals surface area contributed by atoms with E-state index in [2.05, 4.69) is 20.8 Å². The number of nitrogens with one attached hydrogen (secondary N) is 1. The zero-order chi connectivity index (χ0) is 23.0. The van der Waals surface area contributed by atoms with Crippen molar-refractivity contribution >= 4 is 41.3 Å². The molecule has 4 rings (SSSR count). The number of hydrogen-bond acceptors (Lipinski definition) is 10. The Balaban J connectivity index is 0.00000306. The number of carbonyl (C=O) groups excluding carboxylic acids is 3. The molecular weight excluding hydrogens is 479 g/mol. The molecule has 1 fully saturated rings. The molecule has 4 atom stereocenters. The first-order valence-electron chi connectivity index (χ1n) is 9.61. The first-order chi connectivity index (χ1) is 15.3. The van der Waals surface area contributed by atoms with Gasteiger partial charge in [-0.05, 0) is 28.5 Å². The number of fused-ring (bicyclic) bond motifs is 1. The molecule has 0 spiro atoms. The maximum Gasteiger partial charge on any atom is 1.00 e. The molecule has 1 aromatic heterocycles. The van der Waals surface area contributed by atoms with Crippen LogP contribution in [0.15, 0.2) is 46.8 Å². The summed E-state index contributed by atoms with van der Waals surface area (Å²) in [6, 6.07) is 7.40. The smallest absolute Gasteiger partial charge is 0.543 e. The van der Waals surface area contributed by atoms with Crippen LogP contribution in [-0.4, -0.2) is 70.4 Å². The number of aliphatic carboxylic acids is 1. The summed E-state index contributed by atoms with van der Waals surface area (Å²) in [6.07, 6.45) is -1.44. The molecule has 11 nitrogen and oxygen atoms in total. The van der Waals surface area contributed by atoms with Crippen LogP contribution in [0, 0.1) is 0 Å². The minimum absolute atomic E-state index is 0. The van der Waals surface area contributed by atoms with Crippen molar-refractivity contribution in [3.63, 3.8) is 0 Å². The van der Waals surface area contributed by atoms with E-state index < -0.39 is 35.3 Å². The Labute approximate surface area is 219 Å². The third-order valence-electron chi connectivity index (χ3n) is 5.21. The molecule has 2 amide bonds. The van der Waals surface area contributed by atoms with Gasteiger partial charge < -0.3 is 20.3 Å². The minimum Gasteiger partial charge on any atom is -0.543 e. The van der Waals surface area contributed by atoms with Crippen LogP contribution in [0.25, 0.3) is 0 Å². The van der Waals surface area contributed by atoms with E-state index in [9.17, 15) is 24.6 Å². The molecule has 0 saturated carbocycles. The van der Waals surface area contributed by atoms with Gasteiger partial charge >= 0.3 is 29.6 Å². The van der Waals surface area contributed by atoms with Gasteiger partial charge in [-0.25, -0.2) is 4.68 Å². The number of aliphatic hydroxyl groups is 1. The Morgan fingerprint density at radius 1 is 1.33 bits per heavy atom. The fourth-order valence-electron chi connectivity index (χ4n) is 3.51. The van der Waals surface area contributed by atoms with Crippen LogP contribution >= 0.6 is 23.5 Å². The molecule has 1 aromatic carbocycles. The molecule has 0 bridgehead atoms. The molecular formula is C19H19N6NaO5S2. The van der Waals surface area contributed by atoms with E-state index in [1.54, 1.807) is 44.3 Å². The monoisotopic (exact) mass is 498 g/mol. The van der Waals surface area contributed by atoms with Crippen LogP contribution in [0.2, 0.25) is 0 Å². The second kappa shape index (κ2) is 10.6. The quantitative estimate of drug-likeness (QED) is 0.218. The average Bonchev–Trinajstić information content (AvgIpc) is 3.20. The Kier molecular flexibility index (Phi) is 8.24. The van der Waals surface area contributed by atoms with Crippen LogP contribution < -0.4 is 40.0 Å². The largest absolute Gasteiger partial charge is 1.00 e. The van der Waals surface area contributed by atoms with E-state index in [1.807, 2.05) is 0 Å². The zero-order valence-electron chi connectivity index (χ0n) is 18.0. The number of carbonyl (C=O) groups is 3. The second-order valence-corrected chi connectivity index (χ2v) is 9.63. The standard InChI is InChI=1S/C19H20N6O5S2.Na/c1-9(32-19-21-22-23-24(19)2)11-8-31-17-12(16(28)25(17)13(11)18(29)30)20-15(27)14(26)10-6-4-3-5-7-10;/h3-7,9,12,14,17,26H,8H2,1-2H3,(H,20,27)(H,29,30);/q;+1/p-1/t9?,12-,14?,17+;/m1./s1. The van der Waals surface area contributed by atoms with E-state index >= 15 is 0 Å². The topological polar surface area (TPSA) is 153 Å². The van der Waals surface area contributed by atoms with Crippen molar-refractivity contribution in [1.29, 1.82) is 0 Å². The molecule has 168 valence electrons. The number of amides is 2. The van der Waals surface area contributed by atoms with E-state index in [4.69, 9.17) is 0 Å². The van der Waals surface area contributed by atoms with Gasteiger partial charge in [0.2, 0.25) is 5.16 Å². The first kappa shape index (κ1) is 25.7. The Morgan fingerprint density at radius 2 is 2.03 bits per heavy atom. The number of aryl methyl sites for hydroxylation is 1. The molecule has 2 aliphatic heterocycles. The number of hydrogen-bond donors (Lipinski definition) is 2. The molecule has 2 aromatic rings. The molecule has 0 aliphatic carbocycles. The van der Waals surface area contributed by atoms with E-state index in [-0.39, 0.29) is 40.5 Å². The van der Waals surface area contributed by atoms with Crippen LogP contribution in [-0.2, 0) is 21.4 Å². The van der Waals surface area contributed by atoms with Crippen molar-refractivity contribution < 1.29 is 54.2 Å². The minimum atomic E-state index is -1.46. The van der Waals surface area contributed by atoms with Gasteiger partial charge in [0.25, 0.3) is 11.8 Å². The molecule has 2 aliphatic rings.